The summed E-state index contributed by atoms with van der Waals surface area (Å²) in [4.78, 5) is 24.0. The Hall–Kier alpha value is -0.940. The van der Waals surface area contributed by atoms with Gasteiger partial charge in [0.2, 0.25) is 0 Å². The molecule has 1 aliphatic rings. The number of ketones is 1. The van der Waals surface area contributed by atoms with Crippen LogP contribution in [0.5, 0.6) is 0 Å². The van der Waals surface area contributed by atoms with Gasteiger partial charge in [0.1, 0.15) is 18.4 Å². The monoisotopic (exact) mass is 215 g/mol. The number of nitrogens with zero attached hydrogens (tertiary/aromatic N) is 1. The average molecular weight is 215 g/mol. The standard InChI is InChI=1S/C10H17NO4/c1-11-7(3-4-9(11)13)5-8(12)6-10(14)15-2/h7,9,13H,3-6H2,1-2H3. The van der Waals surface area contributed by atoms with Crippen molar-refractivity contribution < 1.29 is 19.4 Å². The largest absolute Gasteiger partial charge is 0.469 e. The molecule has 1 saturated heterocycles. The summed E-state index contributed by atoms with van der Waals surface area (Å²) < 4.78 is 4.41. The fraction of sp³-hybridized carbons (Fsp3) is 0.800. The number of likely N-dealkylation sites (tertiary alicyclic amines) is 1. The van der Waals surface area contributed by atoms with Crippen LogP contribution in [-0.2, 0) is 14.3 Å². The topological polar surface area (TPSA) is 66.8 Å². The van der Waals surface area contributed by atoms with Crippen molar-refractivity contribution in [3.63, 3.8) is 0 Å². The number of ether oxygens (including phenoxy) is 1. The maximum Gasteiger partial charge on any atom is 0.313 e. The summed E-state index contributed by atoms with van der Waals surface area (Å²) in [6.45, 7) is 0. The quantitative estimate of drug-likeness (QED) is 0.525. The van der Waals surface area contributed by atoms with Gasteiger partial charge in [-0.2, -0.15) is 0 Å². The maximum atomic E-state index is 11.4. The van der Waals surface area contributed by atoms with Crippen LogP contribution in [0.15, 0.2) is 0 Å². The Morgan fingerprint density at radius 2 is 2.13 bits per heavy atom. The lowest BCUT2D eigenvalue weighted by Crippen LogP contribution is -2.33. The van der Waals surface area contributed by atoms with Gasteiger partial charge in [0.15, 0.2) is 0 Å². The molecule has 2 atom stereocenters. The lowest BCUT2D eigenvalue weighted by Gasteiger charge is -2.21. The molecule has 5 heteroatoms. The number of Topliss-reactive ketones (excluding diaryl/α,β-unsaturated/α-hetero) is 1. The Morgan fingerprint density at radius 3 is 2.60 bits per heavy atom. The minimum atomic E-state index is -0.499. The average Bonchev–Trinajstić information content (AvgIpc) is 2.49. The Labute approximate surface area is 89.0 Å². The zero-order chi connectivity index (χ0) is 11.4. The minimum absolute atomic E-state index is 0.0529. The third-order valence-electron chi connectivity index (χ3n) is 2.84. The van der Waals surface area contributed by atoms with Crippen molar-refractivity contribution in [2.24, 2.45) is 0 Å². The zero-order valence-electron chi connectivity index (χ0n) is 9.10. The van der Waals surface area contributed by atoms with Crippen LogP contribution in [0.3, 0.4) is 0 Å². The van der Waals surface area contributed by atoms with Gasteiger partial charge < -0.3 is 9.84 Å². The van der Waals surface area contributed by atoms with E-state index >= 15 is 0 Å². The second-order valence-electron chi connectivity index (χ2n) is 3.87. The lowest BCUT2D eigenvalue weighted by atomic mass is 10.1. The van der Waals surface area contributed by atoms with E-state index in [-0.39, 0.29) is 18.2 Å². The van der Waals surface area contributed by atoms with E-state index in [2.05, 4.69) is 4.74 Å². The summed E-state index contributed by atoms with van der Waals surface area (Å²) >= 11 is 0. The van der Waals surface area contributed by atoms with Gasteiger partial charge in [-0.15, -0.1) is 0 Å². The molecule has 1 aliphatic heterocycles. The molecular formula is C10H17NO4. The number of hydrogen-bond acceptors (Lipinski definition) is 5. The van der Waals surface area contributed by atoms with Crippen molar-refractivity contribution in [3.8, 4) is 0 Å². The molecule has 1 rings (SSSR count). The number of methoxy groups -OCH3 is 1. The summed E-state index contributed by atoms with van der Waals surface area (Å²) in [7, 11) is 3.05. The number of esters is 1. The fourth-order valence-corrected chi connectivity index (χ4v) is 1.81. The molecular weight excluding hydrogens is 198 g/mol. The first-order valence-corrected chi connectivity index (χ1v) is 5.03. The normalized spacial score (nSPS) is 26.6. The molecule has 1 fully saturated rings. The first kappa shape index (κ1) is 12.1. The molecule has 0 amide bonds. The van der Waals surface area contributed by atoms with Crippen LogP contribution >= 0.6 is 0 Å². The van der Waals surface area contributed by atoms with Crippen molar-refractivity contribution in [2.75, 3.05) is 14.2 Å². The summed E-state index contributed by atoms with van der Waals surface area (Å²) in [6, 6.07) is 0.0529. The highest BCUT2D eigenvalue weighted by Gasteiger charge is 2.30. The fourth-order valence-electron chi connectivity index (χ4n) is 1.81. The molecule has 0 spiro atoms. The molecule has 0 radical (unpaired) electrons. The summed E-state index contributed by atoms with van der Waals surface area (Å²) in [5.41, 5.74) is 0. The van der Waals surface area contributed by atoms with E-state index in [4.69, 9.17) is 0 Å². The zero-order valence-corrected chi connectivity index (χ0v) is 9.10. The van der Waals surface area contributed by atoms with Gasteiger partial charge in [-0.1, -0.05) is 0 Å². The Morgan fingerprint density at radius 1 is 1.47 bits per heavy atom. The minimum Gasteiger partial charge on any atom is -0.469 e. The summed E-state index contributed by atoms with van der Waals surface area (Å²) in [5.74, 6) is -0.631. The van der Waals surface area contributed by atoms with E-state index < -0.39 is 12.2 Å². The van der Waals surface area contributed by atoms with E-state index in [1.54, 1.807) is 11.9 Å². The van der Waals surface area contributed by atoms with Gasteiger partial charge >= 0.3 is 5.97 Å². The number of hydrogen-bond donors (Lipinski definition) is 1. The maximum absolute atomic E-state index is 11.4. The molecule has 2 unspecified atom stereocenters. The molecule has 15 heavy (non-hydrogen) atoms. The van der Waals surface area contributed by atoms with E-state index in [9.17, 15) is 14.7 Å². The van der Waals surface area contributed by atoms with E-state index in [0.29, 0.717) is 12.8 Å². The molecule has 1 N–H and O–H groups in total. The Balaban J connectivity index is 2.35. The highest BCUT2D eigenvalue weighted by molar-refractivity contribution is 5.95. The van der Waals surface area contributed by atoms with E-state index in [1.807, 2.05) is 0 Å². The van der Waals surface area contributed by atoms with Crippen molar-refractivity contribution in [1.82, 2.24) is 4.90 Å². The summed E-state index contributed by atoms with van der Waals surface area (Å²) in [6.07, 6.45) is 1.16. The highest BCUT2D eigenvalue weighted by atomic mass is 16.5. The van der Waals surface area contributed by atoms with Crippen LogP contribution in [0.25, 0.3) is 0 Å². The van der Waals surface area contributed by atoms with Crippen molar-refractivity contribution in [3.05, 3.63) is 0 Å². The third-order valence-corrected chi connectivity index (χ3v) is 2.84. The van der Waals surface area contributed by atoms with Crippen molar-refractivity contribution >= 4 is 11.8 Å². The predicted octanol–water partition coefficient (Wildman–Crippen LogP) is -0.0787. The van der Waals surface area contributed by atoms with Gasteiger partial charge in [0.05, 0.1) is 7.11 Å². The van der Waals surface area contributed by atoms with Crippen molar-refractivity contribution in [1.29, 1.82) is 0 Å². The van der Waals surface area contributed by atoms with Gasteiger partial charge in [-0.3, -0.25) is 14.5 Å². The number of carbonyl (C=O) groups excluding carboxylic acids is 2. The second kappa shape index (κ2) is 5.23. The van der Waals surface area contributed by atoms with Crippen LogP contribution in [0.4, 0.5) is 0 Å². The van der Waals surface area contributed by atoms with Crippen molar-refractivity contribution in [2.45, 2.75) is 38.0 Å². The molecule has 0 aromatic carbocycles. The van der Waals surface area contributed by atoms with Gasteiger partial charge in [0.25, 0.3) is 0 Å². The van der Waals surface area contributed by atoms with Gasteiger partial charge in [-0.25, -0.2) is 0 Å². The first-order chi connectivity index (χ1) is 7.04. The molecule has 86 valence electrons. The molecule has 0 aromatic heterocycles. The highest BCUT2D eigenvalue weighted by Crippen LogP contribution is 2.23. The smallest absolute Gasteiger partial charge is 0.313 e. The van der Waals surface area contributed by atoms with Crippen LogP contribution in [0.1, 0.15) is 25.7 Å². The van der Waals surface area contributed by atoms with Crippen LogP contribution < -0.4 is 0 Å². The van der Waals surface area contributed by atoms with Crippen LogP contribution in [0.2, 0.25) is 0 Å². The van der Waals surface area contributed by atoms with E-state index in [0.717, 1.165) is 6.42 Å². The number of aliphatic hydroxyl groups is 1. The summed E-state index contributed by atoms with van der Waals surface area (Å²) in [5, 5.41) is 9.43. The molecule has 1 heterocycles. The van der Waals surface area contributed by atoms with Crippen LogP contribution in [-0.4, -0.2) is 48.2 Å². The van der Waals surface area contributed by atoms with E-state index in [1.165, 1.54) is 7.11 Å². The molecule has 0 aliphatic carbocycles. The lowest BCUT2D eigenvalue weighted by molar-refractivity contribution is -0.143. The predicted molar refractivity (Wildman–Crippen MR) is 53.0 cm³/mol. The van der Waals surface area contributed by atoms with Gasteiger partial charge in [0, 0.05) is 12.5 Å². The number of aliphatic hydroxyl groups excluding tert-OH is 1. The first-order valence-electron chi connectivity index (χ1n) is 5.03. The molecule has 0 aromatic rings. The number of rotatable bonds is 4. The Kier molecular flexibility index (Phi) is 4.23. The third kappa shape index (κ3) is 3.28. The molecule has 0 bridgehead atoms. The second-order valence-corrected chi connectivity index (χ2v) is 3.87. The SMILES string of the molecule is COC(=O)CC(=O)CC1CCC(O)N1C. The van der Waals surface area contributed by atoms with Crippen LogP contribution in [0, 0.1) is 0 Å². The Bertz CT molecular complexity index is 254. The number of carbonyl (C=O) groups is 2. The van der Waals surface area contributed by atoms with Gasteiger partial charge in [-0.05, 0) is 19.9 Å². The molecule has 0 saturated carbocycles. The molecule has 5 nitrogen and oxygen atoms in total.